The molecular weight excluding hydrogens is 382 g/mol. The number of imidazole rings is 1. The van der Waals surface area contributed by atoms with E-state index < -0.39 is 22.2 Å². The van der Waals surface area contributed by atoms with E-state index in [-0.39, 0.29) is 11.2 Å². The first-order chi connectivity index (χ1) is 13.4. The number of aromatic nitrogens is 4. The number of anilines is 1. The summed E-state index contributed by atoms with van der Waals surface area (Å²) in [5.41, 5.74) is 1.89. The predicted molar refractivity (Wildman–Crippen MR) is 105 cm³/mol. The minimum atomic E-state index is -3.81. The van der Waals surface area contributed by atoms with Crippen LogP contribution in [0.25, 0.3) is 11.2 Å². The van der Waals surface area contributed by atoms with Crippen LogP contribution in [-0.2, 0) is 16.4 Å². The fraction of sp³-hybridized carbons (Fsp3) is 0.389. The molecule has 0 aliphatic rings. The van der Waals surface area contributed by atoms with Crippen LogP contribution in [0.5, 0.6) is 5.75 Å². The number of aliphatic hydroxyl groups excluding tert-OH is 1. The zero-order valence-corrected chi connectivity index (χ0v) is 16.8. The second-order valence-corrected chi connectivity index (χ2v) is 8.52. The van der Waals surface area contributed by atoms with E-state index in [0.717, 1.165) is 11.3 Å². The molecule has 150 valence electrons. The fourth-order valence-corrected chi connectivity index (χ4v) is 3.56. The van der Waals surface area contributed by atoms with Crippen LogP contribution in [0.4, 0.5) is 5.82 Å². The number of fused-ring (bicyclic) bond motifs is 1. The molecule has 0 bridgehead atoms. The molecule has 0 saturated heterocycles. The second-order valence-electron chi connectivity index (χ2n) is 6.52. The van der Waals surface area contributed by atoms with Crippen molar-refractivity contribution in [2.24, 2.45) is 0 Å². The number of nitrogens with one attached hydrogen (secondary N) is 1. The van der Waals surface area contributed by atoms with Gasteiger partial charge >= 0.3 is 0 Å². The molecule has 0 unspecified atom stereocenters. The summed E-state index contributed by atoms with van der Waals surface area (Å²) in [6.07, 6.45) is 1.62. The molecule has 9 nitrogen and oxygen atoms in total. The second kappa shape index (κ2) is 8.11. The number of methoxy groups -OCH3 is 1. The lowest BCUT2D eigenvalue weighted by atomic mass is 10.2. The van der Waals surface area contributed by atoms with Crippen molar-refractivity contribution in [3.05, 3.63) is 36.2 Å². The minimum absolute atomic E-state index is 0.0442. The zero-order chi connectivity index (χ0) is 20.3. The number of hydrogen-bond donors (Lipinski definition) is 2. The maximum atomic E-state index is 12.4. The Hall–Kier alpha value is -2.72. The Morgan fingerprint density at radius 2 is 1.93 bits per heavy atom. The molecule has 0 fully saturated rings. The normalized spacial score (nSPS) is 11.9. The van der Waals surface area contributed by atoms with Crippen molar-refractivity contribution in [2.75, 3.05) is 24.8 Å². The van der Waals surface area contributed by atoms with Gasteiger partial charge < -0.3 is 19.7 Å². The fourth-order valence-electron chi connectivity index (χ4n) is 2.68. The molecule has 0 spiro atoms. The molecular formula is C18H23N5O4S. The van der Waals surface area contributed by atoms with E-state index in [9.17, 15) is 8.42 Å². The van der Waals surface area contributed by atoms with E-state index in [2.05, 4.69) is 20.3 Å². The van der Waals surface area contributed by atoms with Gasteiger partial charge in [0.05, 0.1) is 25.8 Å². The molecule has 0 atom stereocenters. The minimum Gasteiger partial charge on any atom is -0.497 e. The van der Waals surface area contributed by atoms with Gasteiger partial charge in [0.2, 0.25) is 9.84 Å². The monoisotopic (exact) mass is 405 g/mol. The van der Waals surface area contributed by atoms with Crippen LogP contribution in [0, 0.1) is 0 Å². The molecule has 1 aromatic carbocycles. The molecule has 28 heavy (non-hydrogen) atoms. The maximum absolute atomic E-state index is 12.4. The Morgan fingerprint density at radius 1 is 1.21 bits per heavy atom. The van der Waals surface area contributed by atoms with E-state index >= 15 is 0 Å². The Labute approximate surface area is 163 Å². The summed E-state index contributed by atoms with van der Waals surface area (Å²) >= 11 is 0. The van der Waals surface area contributed by atoms with Crippen molar-refractivity contribution in [1.29, 1.82) is 0 Å². The van der Waals surface area contributed by atoms with Crippen molar-refractivity contribution in [3.63, 3.8) is 0 Å². The molecule has 3 rings (SSSR count). The highest BCUT2D eigenvalue weighted by molar-refractivity contribution is 7.91. The van der Waals surface area contributed by atoms with Gasteiger partial charge in [-0.25, -0.2) is 13.4 Å². The number of hydrogen-bond acceptors (Lipinski definition) is 8. The Morgan fingerprint density at radius 3 is 2.54 bits per heavy atom. The lowest BCUT2D eigenvalue weighted by Gasteiger charge is -2.11. The Bertz CT molecular complexity index is 1060. The van der Waals surface area contributed by atoms with Crippen molar-refractivity contribution >= 4 is 26.8 Å². The summed E-state index contributed by atoms with van der Waals surface area (Å²) in [5.74, 6) is 0.643. The third-order valence-corrected chi connectivity index (χ3v) is 5.67. The van der Waals surface area contributed by atoms with Crippen molar-refractivity contribution < 1.29 is 18.3 Å². The van der Waals surface area contributed by atoms with Crippen LogP contribution >= 0.6 is 0 Å². The molecule has 2 N–H and O–H groups in total. The summed E-state index contributed by atoms with van der Waals surface area (Å²) in [6, 6.07) is 7.54. The molecule has 0 radical (unpaired) electrons. The highest BCUT2D eigenvalue weighted by atomic mass is 32.2. The quantitative estimate of drug-likeness (QED) is 0.545. The summed E-state index contributed by atoms with van der Waals surface area (Å²) in [4.78, 5) is 12.8. The number of nitrogens with zero attached hydrogens (tertiary/aromatic N) is 4. The van der Waals surface area contributed by atoms with Gasteiger partial charge in [-0.05, 0) is 31.5 Å². The summed E-state index contributed by atoms with van der Waals surface area (Å²) in [7, 11) is -2.21. The van der Waals surface area contributed by atoms with Crippen LogP contribution in [0.1, 0.15) is 25.5 Å². The lowest BCUT2D eigenvalue weighted by Crippen LogP contribution is -2.16. The van der Waals surface area contributed by atoms with Gasteiger partial charge in [-0.15, -0.1) is 0 Å². The van der Waals surface area contributed by atoms with Crippen molar-refractivity contribution in [3.8, 4) is 5.75 Å². The van der Waals surface area contributed by atoms with Crippen LogP contribution in [-0.4, -0.2) is 52.5 Å². The molecule has 3 aromatic rings. The first-order valence-corrected chi connectivity index (χ1v) is 10.5. The van der Waals surface area contributed by atoms with Gasteiger partial charge in [0, 0.05) is 12.6 Å². The third-order valence-electron chi connectivity index (χ3n) is 4.21. The first-order valence-electron chi connectivity index (χ1n) is 8.80. The largest absolute Gasteiger partial charge is 0.497 e. The smallest absolute Gasteiger partial charge is 0.251 e. The standard InChI is InChI=1S/C18H23N5O4S/c1-12(2)23-11-20-15-16(19-10-13-4-6-14(27-3)7-5-13)21-18(22-17(15)23)28(25,26)9-8-24/h4-7,11-12,24H,8-10H2,1-3H3,(H,19,21,22). The summed E-state index contributed by atoms with van der Waals surface area (Å²) < 4.78 is 31.8. The van der Waals surface area contributed by atoms with E-state index in [4.69, 9.17) is 9.84 Å². The average Bonchev–Trinajstić information content (AvgIpc) is 3.11. The van der Waals surface area contributed by atoms with Gasteiger partial charge in [-0.2, -0.15) is 9.97 Å². The van der Waals surface area contributed by atoms with E-state index in [0.29, 0.717) is 23.5 Å². The summed E-state index contributed by atoms with van der Waals surface area (Å²) in [5, 5.41) is 11.9. The van der Waals surface area contributed by atoms with Gasteiger partial charge in [-0.3, -0.25) is 0 Å². The predicted octanol–water partition coefficient (Wildman–Crippen LogP) is 1.79. The van der Waals surface area contributed by atoms with Gasteiger partial charge in [0.15, 0.2) is 17.0 Å². The van der Waals surface area contributed by atoms with Gasteiger partial charge in [-0.1, -0.05) is 12.1 Å². The SMILES string of the molecule is COc1ccc(CNc2nc(S(=O)(=O)CCO)nc3c2ncn3C(C)C)cc1. The number of rotatable bonds is 8. The summed E-state index contributed by atoms with van der Waals surface area (Å²) in [6.45, 7) is 3.83. The number of benzene rings is 1. The van der Waals surface area contributed by atoms with Gasteiger partial charge in [0.25, 0.3) is 5.16 Å². The molecule has 2 heterocycles. The van der Waals surface area contributed by atoms with E-state index in [1.165, 1.54) is 0 Å². The third kappa shape index (κ3) is 4.07. The molecule has 10 heteroatoms. The van der Waals surface area contributed by atoms with Crippen molar-refractivity contribution in [1.82, 2.24) is 19.5 Å². The molecule has 0 saturated carbocycles. The molecule has 0 aliphatic carbocycles. The Balaban J connectivity index is 2.01. The number of aliphatic hydroxyl groups is 1. The van der Waals surface area contributed by atoms with E-state index in [1.807, 2.05) is 38.1 Å². The highest BCUT2D eigenvalue weighted by Gasteiger charge is 2.23. The topological polar surface area (TPSA) is 119 Å². The zero-order valence-electron chi connectivity index (χ0n) is 16.0. The lowest BCUT2D eigenvalue weighted by molar-refractivity contribution is 0.319. The van der Waals surface area contributed by atoms with Crippen LogP contribution < -0.4 is 10.1 Å². The molecule has 0 amide bonds. The number of sulfone groups is 1. The van der Waals surface area contributed by atoms with Gasteiger partial charge in [0.1, 0.15) is 5.75 Å². The molecule has 0 aliphatic heterocycles. The van der Waals surface area contributed by atoms with Crippen LogP contribution in [0.3, 0.4) is 0 Å². The first kappa shape index (κ1) is 20.0. The van der Waals surface area contributed by atoms with Crippen LogP contribution in [0.2, 0.25) is 0 Å². The highest BCUT2D eigenvalue weighted by Crippen LogP contribution is 2.24. The Kier molecular flexibility index (Phi) is 5.80. The van der Waals surface area contributed by atoms with E-state index in [1.54, 1.807) is 18.0 Å². The van der Waals surface area contributed by atoms with Crippen LogP contribution in [0.15, 0.2) is 35.7 Å². The van der Waals surface area contributed by atoms with Crippen molar-refractivity contribution in [2.45, 2.75) is 31.6 Å². The average molecular weight is 405 g/mol. The molecule has 2 aromatic heterocycles. The number of ether oxygens (including phenoxy) is 1. The maximum Gasteiger partial charge on any atom is 0.251 e.